The minimum absolute atomic E-state index is 0.161. The van der Waals surface area contributed by atoms with Crippen molar-refractivity contribution >= 4 is 23.5 Å². The number of fused-ring (bicyclic) bond motifs is 1. The number of benzene rings is 1. The van der Waals surface area contributed by atoms with Crippen molar-refractivity contribution in [3.8, 4) is 28.2 Å². The van der Waals surface area contributed by atoms with Crippen molar-refractivity contribution < 1.29 is 14.6 Å². The molecule has 5 heterocycles. The number of aromatic amines is 1. The highest BCUT2D eigenvalue weighted by atomic mass is 35.5. The van der Waals surface area contributed by atoms with Gasteiger partial charge in [0.25, 0.3) is 5.56 Å². The molecule has 15 heteroatoms. The molecule has 41 heavy (non-hydrogen) atoms. The number of anilines is 1. The maximum absolute atomic E-state index is 13.4. The van der Waals surface area contributed by atoms with E-state index >= 15 is 0 Å². The number of hydrogen-bond donors (Lipinski definition) is 2. The Labute approximate surface area is 237 Å². The molecule has 208 valence electrons. The largest absolute Gasteiger partial charge is 0.465 e. The van der Waals surface area contributed by atoms with E-state index in [9.17, 15) is 14.7 Å². The van der Waals surface area contributed by atoms with Crippen LogP contribution in [0.5, 0.6) is 0 Å². The van der Waals surface area contributed by atoms with Gasteiger partial charge in [-0.25, -0.2) is 19.7 Å². The molecule has 0 saturated carbocycles. The SMILES string of the molecule is COCCN(C(=O)O)c1ccc(-c2cnc([C@@H]3CCc4nc(-c5cc(Cl)ccc5-n5cnnn5)cc(=O)n43)[nH]2)cn1. The standard InChI is InChI=1S/C26H23ClN10O4/c1-41-9-8-35(26(39)40)22-6-2-15(12-28-22)19-13-29-25(32-19)21-5-7-23-31-18(11-24(38)37(21)23)17-10-16(27)3-4-20(17)36-14-30-33-34-36/h2-4,6,10-14,21H,5,7-9H2,1H3,(H,29,32)(H,39,40)/t21-/m0/s1. The van der Waals surface area contributed by atoms with Gasteiger partial charge in [-0.2, -0.15) is 4.68 Å². The number of amides is 1. The molecule has 0 saturated heterocycles. The molecule has 0 unspecified atom stereocenters. The molecule has 1 aliphatic heterocycles. The first kappa shape index (κ1) is 26.3. The van der Waals surface area contributed by atoms with Crippen LogP contribution in [0, 0.1) is 0 Å². The Morgan fingerprint density at radius 2 is 2.10 bits per heavy atom. The molecule has 1 aromatic carbocycles. The van der Waals surface area contributed by atoms with Crippen LogP contribution in [0.1, 0.15) is 24.1 Å². The van der Waals surface area contributed by atoms with E-state index in [0.717, 1.165) is 10.5 Å². The number of methoxy groups -OCH3 is 1. The normalized spacial score (nSPS) is 14.2. The molecule has 5 aromatic rings. The summed E-state index contributed by atoms with van der Waals surface area (Å²) in [4.78, 5) is 43.1. The molecular weight excluding hydrogens is 552 g/mol. The number of tetrazole rings is 1. The lowest BCUT2D eigenvalue weighted by Crippen LogP contribution is -2.33. The van der Waals surface area contributed by atoms with Gasteiger partial charge in [-0.15, -0.1) is 5.10 Å². The summed E-state index contributed by atoms with van der Waals surface area (Å²) in [6.45, 7) is 0.409. The van der Waals surface area contributed by atoms with Crippen molar-refractivity contribution in [1.82, 2.24) is 44.7 Å². The van der Waals surface area contributed by atoms with Gasteiger partial charge in [0.05, 0.1) is 42.5 Å². The number of carboxylic acid groups (broad SMARTS) is 1. The van der Waals surface area contributed by atoms with Crippen LogP contribution in [-0.2, 0) is 11.2 Å². The predicted octanol–water partition coefficient (Wildman–Crippen LogP) is 2.99. The van der Waals surface area contributed by atoms with Crippen LogP contribution in [0.25, 0.3) is 28.2 Å². The number of H-pyrrole nitrogens is 1. The minimum atomic E-state index is -1.12. The number of hydrogen-bond acceptors (Lipinski definition) is 9. The van der Waals surface area contributed by atoms with Crippen molar-refractivity contribution in [3.63, 3.8) is 0 Å². The first-order valence-electron chi connectivity index (χ1n) is 12.6. The van der Waals surface area contributed by atoms with Crippen LogP contribution < -0.4 is 10.5 Å². The average Bonchev–Trinajstić information content (AvgIpc) is 3.74. The molecule has 0 spiro atoms. The Kier molecular flexibility index (Phi) is 6.99. The third kappa shape index (κ3) is 5.05. The molecule has 0 fully saturated rings. The second kappa shape index (κ2) is 10.9. The summed E-state index contributed by atoms with van der Waals surface area (Å²) in [5.74, 6) is 1.54. The van der Waals surface area contributed by atoms with Crippen LogP contribution in [0.15, 0.2) is 59.9 Å². The monoisotopic (exact) mass is 574 g/mol. The van der Waals surface area contributed by atoms with E-state index in [4.69, 9.17) is 21.3 Å². The second-order valence-electron chi connectivity index (χ2n) is 9.25. The average molecular weight is 575 g/mol. The van der Waals surface area contributed by atoms with Gasteiger partial charge < -0.3 is 14.8 Å². The summed E-state index contributed by atoms with van der Waals surface area (Å²) in [5.41, 5.74) is 2.94. The molecule has 14 nitrogen and oxygen atoms in total. The number of ether oxygens (including phenoxy) is 1. The van der Waals surface area contributed by atoms with E-state index in [0.29, 0.717) is 58.0 Å². The second-order valence-corrected chi connectivity index (χ2v) is 9.69. The highest BCUT2D eigenvalue weighted by molar-refractivity contribution is 6.31. The van der Waals surface area contributed by atoms with Gasteiger partial charge in [0.15, 0.2) is 0 Å². The van der Waals surface area contributed by atoms with E-state index in [2.05, 4.69) is 30.5 Å². The number of nitrogens with zero attached hydrogens (tertiary/aromatic N) is 9. The number of nitrogens with one attached hydrogen (secondary N) is 1. The molecular formula is C26H23ClN10O4. The van der Waals surface area contributed by atoms with E-state index in [1.165, 1.54) is 24.2 Å². The van der Waals surface area contributed by atoms with Crippen LogP contribution in [0.3, 0.4) is 0 Å². The molecule has 4 aromatic heterocycles. The third-order valence-electron chi connectivity index (χ3n) is 6.81. The molecule has 2 N–H and O–H groups in total. The van der Waals surface area contributed by atoms with Gasteiger partial charge in [-0.3, -0.25) is 14.3 Å². The van der Waals surface area contributed by atoms with Crippen molar-refractivity contribution in [2.45, 2.75) is 18.9 Å². The molecule has 0 aliphatic carbocycles. The molecule has 0 bridgehead atoms. The van der Waals surface area contributed by atoms with Gasteiger partial charge in [0, 0.05) is 41.9 Å². The number of aromatic nitrogens is 9. The van der Waals surface area contributed by atoms with E-state index in [1.54, 1.807) is 47.3 Å². The Bertz CT molecular complexity index is 1770. The number of imidazole rings is 1. The summed E-state index contributed by atoms with van der Waals surface area (Å²) in [6.07, 6.45) is 4.80. The van der Waals surface area contributed by atoms with Crippen molar-refractivity contribution in [3.05, 3.63) is 82.1 Å². The number of rotatable bonds is 8. The van der Waals surface area contributed by atoms with Crippen molar-refractivity contribution in [2.75, 3.05) is 25.2 Å². The number of halogens is 1. The topological polar surface area (TPSA) is 170 Å². The van der Waals surface area contributed by atoms with Crippen LogP contribution >= 0.6 is 11.6 Å². The number of carbonyl (C=O) groups is 1. The zero-order valence-corrected chi connectivity index (χ0v) is 22.4. The summed E-state index contributed by atoms with van der Waals surface area (Å²) in [7, 11) is 1.51. The van der Waals surface area contributed by atoms with Crippen LogP contribution in [0.2, 0.25) is 5.02 Å². The number of aryl methyl sites for hydroxylation is 1. The van der Waals surface area contributed by atoms with Gasteiger partial charge >= 0.3 is 6.09 Å². The Hall–Kier alpha value is -4.95. The maximum Gasteiger partial charge on any atom is 0.413 e. The highest BCUT2D eigenvalue weighted by Crippen LogP contribution is 2.32. The summed E-state index contributed by atoms with van der Waals surface area (Å²) < 4.78 is 8.13. The molecule has 1 aliphatic rings. The predicted molar refractivity (Wildman–Crippen MR) is 147 cm³/mol. The van der Waals surface area contributed by atoms with Gasteiger partial charge in [0.1, 0.15) is 23.8 Å². The summed E-state index contributed by atoms with van der Waals surface area (Å²) >= 11 is 6.28. The highest BCUT2D eigenvalue weighted by Gasteiger charge is 2.29. The molecule has 1 amide bonds. The summed E-state index contributed by atoms with van der Waals surface area (Å²) in [5, 5.41) is 21.3. The minimum Gasteiger partial charge on any atom is -0.465 e. The number of pyridine rings is 1. The fraction of sp³-hybridized carbons (Fsp3) is 0.231. The van der Waals surface area contributed by atoms with Crippen LogP contribution in [-0.4, -0.2) is 76.2 Å². The van der Waals surface area contributed by atoms with E-state index in [-0.39, 0.29) is 24.8 Å². The fourth-order valence-electron chi connectivity index (χ4n) is 4.87. The van der Waals surface area contributed by atoms with Crippen molar-refractivity contribution in [2.24, 2.45) is 0 Å². The van der Waals surface area contributed by atoms with E-state index < -0.39 is 6.09 Å². The van der Waals surface area contributed by atoms with Gasteiger partial charge in [-0.1, -0.05) is 11.6 Å². The Morgan fingerprint density at radius 1 is 1.22 bits per heavy atom. The Morgan fingerprint density at radius 3 is 2.83 bits per heavy atom. The lowest BCUT2D eigenvalue weighted by molar-refractivity contribution is 0.186. The zero-order chi connectivity index (χ0) is 28.5. The first-order valence-corrected chi connectivity index (χ1v) is 13.0. The molecule has 1 atom stereocenters. The lowest BCUT2D eigenvalue weighted by atomic mass is 10.1. The third-order valence-corrected chi connectivity index (χ3v) is 7.04. The van der Waals surface area contributed by atoms with Gasteiger partial charge in [-0.05, 0) is 47.2 Å². The fourth-order valence-corrected chi connectivity index (χ4v) is 5.05. The Balaban J connectivity index is 1.28. The zero-order valence-electron chi connectivity index (χ0n) is 21.7. The first-order chi connectivity index (χ1) is 19.9. The van der Waals surface area contributed by atoms with Crippen LogP contribution in [0.4, 0.5) is 10.6 Å². The quantitative estimate of drug-likeness (QED) is 0.281. The smallest absolute Gasteiger partial charge is 0.413 e. The van der Waals surface area contributed by atoms with Gasteiger partial charge in [0.2, 0.25) is 0 Å². The maximum atomic E-state index is 13.4. The van der Waals surface area contributed by atoms with Crippen molar-refractivity contribution in [1.29, 1.82) is 0 Å². The molecule has 0 radical (unpaired) electrons. The summed E-state index contributed by atoms with van der Waals surface area (Å²) in [6, 6.07) is 9.77. The molecule has 6 rings (SSSR count). The van der Waals surface area contributed by atoms with E-state index in [1.807, 2.05) is 0 Å². The lowest BCUT2D eigenvalue weighted by Gasteiger charge is -2.17.